The molecule has 0 saturated heterocycles. The average molecular weight is 354 g/mol. The maximum Gasteiger partial charge on any atom is 0.122 e. The van der Waals surface area contributed by atoms with Gasteiger partial charge >= 0.3 is 0 Å². The van der Waals surface area contributed by atoms with E-state index in [4.69, 9.17) is 33.7 Å². The summed E-state index contributed by atoms with van der Waals surface area (Å²) in [5, 5.41) is 11.4. The molecule has 0 aliphatic rings. The van der Waals surface area contributed by atoms with Gasteiger partial charge in [0.05, 0.1) is 23.3 Å². The van der Waals surface area contributed by atoms with Crippen molar-refractivity contribution in [2.45, 2.75) is 25.5 Å². The molecule has 0 bridgehead atoms. The minimum Gasteiger partial charge on any atom is -0.496 e. The molecule has 0 aromatic heterocycles. The highest BCUT2D eigenvalue weighted by Gasteiger charge is 2.24. The van der Waals surface area contributed by atoms with Gasteiger partial charge in [0.2, 0.25) is 0 Å². The Hall–Kier alpha value is -1.26. The van der Waals surface area contributed by atoms with Crippen molar-refractivity contribution in [2.75, 3.05) is 7.11 Å². The van der Waals surface area contributed by atoms with Crippen molar-refractivity contribution in [1.82, 2.24) is 0 Å². The molecule has 3 atom stereocenters. The Kier molecular flexibility index (Phi) is 6.31. The number of methoxy groups -OCH3 is 1. The molecule has 0 saturated carbocycles. The van der Waals surface area contributed by atoms with Crippen molar-refractivity contribution in [3.05, 3.63) is 63.6 Å². The van der Waals surface area contributed by atoms with Gasteiger partial charge in [-0.3, -0.25) is 0 Å². The molecule has 2 rings (SSSR count). The van der Waals surface area contributed by atoms with Gasteiger partial charge in [0.15, 0.2) is 0 Å². The highest BCUT2D eigenvalue weighted by Crippen LogP contribution is 2.30. The zero-order valence-electron chi connectivity index (χ0n) is 13.2. The molecule has 0 spiro atoms. The standard InChI is InChI=1S/C18H21Cl2NO2/c1-11(9-12-5-3-4-6-16(12)23-2)17(21)18(22)13-7-8-14(19)15(20)10-13/h3-8,10-11,17-18,22H,9,21H2,1-2H3. The molecule has 2 aromatic rings. The fourth-order valence-corrected chi connectivity index (χ4v) is 2.89. The Morgan fingerprint density at radius 3 is 2.48 bits per heavy atom. The maximum absolute atomic E-state index is 10.5. The van der Waals surface area contributed by atoms with Gasteiger partial charge in [0.25, 0.3) is 0 Å². The van der Waals surface area contributed by atoms with Gasteiger partial charge in [-0.15, -0.1) is 0 Å². The summed E-state index contributed by atoms with van der Waals surface area (Å²) in [5.74, 6) is 0.881. The number of benzene rings is 2. The van der Waals surface area contributed by atoms with Crippen molar-refractivity contribution in [3.63, 3.8) is 0 Å². The lowest BCUT2D eigenvalue weighted by molar-refractivity contribution is 0.121. The van der Waals surface area contributed by atoms with Crippen LogP contribution in [0.2, 0.25) is 10.0 Å². The van der Waals surface area contributed by atoms with Gasteiger partial charge in [-0.25, -0.2) is 0 Å². The number of hydrogen-bond donors (Lipinski definition) is 2. The van der Waals surface area contributed by atoms with Crippen molar-refractivity contribution in [2.24, 2.45) is 11.7 Å². The van der Waals surface area contributed by atoms with Crippen LogP contribution in [0, 0.1) is 5.92 Å². The van der Waals surface area contributed by atoms with Gasteiger partial charge in [0.1, 0.15) is 5.75 Å². The third-order valence-electron chi connectivity index (χ3n) is 4.04. The molecule has 0 radical (unpaired) electrons. The summed E-state index contributed by atoms with van der Waals surface area (Å²) >= 11 is 11.9. The molecule has 0 fully saturated rings. The molecule has 0 aliphatic carbocycles. The molecule has 5 heteroatoms. The molecular weight excluding hydrogens is 333 g/mol. The molecular formula is C18H21Cl2NO2. The number of aliphatic hydroxyl groups is 1. The van der Waals surface area contributed by atoms with E-state index in [0.29, 0.717) is 22.0 Å². The second-order valence-electron chi connectivity index (χ2n) is 5.69. The second-order valence-corrected chi connectivity index (χ2v) is 6.50. The van der Waals surface area contributed by atoms with Crippen LogP contribution in [0.4, 0.5) is 0 Å². The predicted octanol–water partition coefficient (Wildman–Crippen LogP) is 4.24. The van der Waals surface area contributed by atoms with E-state index in [1.807, 2.05) is 31.2 Å². The molecule has 3 nitrogen and oxygen atoms in total. The monoisotopic (exact) mass is 353 g/mol. The quantitative estimate of drug-likeness (QED) is 0.816. The van der Waals surface area contributed by atoms with Crippen LogP contribution in [0.1, 0.15) is 24.2 Å². The number of hydrogen-bond acceptors (Lipinski definition) is 3. The van der Waals surface area contributed by atoms with Gasteiger partial charge in [0, 0.05) is 6.04 Å². The van der Waals surface area contributed by atoms with Crippen LogP contribution in [0.3, 0.4) is 0 Å². The Morgan fingerprint density at radius 1 is 1.13 bits per heavy atom. The van der Waals surface area contributed by atoms with E-state index in [-0.39, 0.29) is 5.92 Å². The summed E-state index contributed by atoms with van der Waals surface area (Å²) in [4.78, 5) is 0. The van der Waals surface area contributed by atoms with Crippen molar-refractivity contribution in [1.29, 1.82) is 0 Å². The first-order valence-corrected chi connectivity index (χ1v) is 8.20. The first-order valence-electron chi connectivity index (χ1n) is 7.44. The number of ether oxygens (including phenoxy) is 1. The van der Waals surface area contributed by atoms with E-state index in [2.05, 4.69) is 0 Å². The smallest absolute Gasteiger partial charge is 0.122 e. The van der Waals surface area contributed by atoms with Crippen LogP contribution in [-0.4, -0.2) is 18.3 Å². The lowest BCUT2D eigenvalue weighted by Gasteiger charge is -2.26. The van der Waals surface area contributed by atoms with Gasteiger partial charge < -0.3 is 15.6 Å². The van der Waals surface area contributed by atoms with E-state index in [9.17, 15) is 5.11 Å². The molecule has 0 aliphatic heterocycles. The summed E-state index contributed by atoms with van der Waals surface area (Å²) in [7, 11) is 1.65. The van der Waals surface area contributed by atoms with E-state index in [1.54, 1.807) is 25.3 Å². The zero-order valence-corrected chi connectivity index (χ0v) is 14.7. The Morgan fingerprint density at radius 2 is 1.83 bits per heavy atom. The summed E-state index contributed by atoms with van der Waals surface area (Å²) in [6.07, 6.45) is -0.0988. The summed E-state index contributed by atoms with van der Waals surface area (Å²) in [6.45, 7) is 2.01. The topological polar surface area (TPSA) is 55.5 Å². The second kappa shape index (κ2) is 8.02. The fourth-order valence-electron chi connectivity index (χ4n) is 2.58. The highest BCUT2D eigenvalue weighted by molar-refractivity contribution is 6.42. The predicted molar refractivity (Wildman–Crippen MR) is 95.3 cm³/mol. The van der Waals surface area contributed by atoms with Crippen LogP contribution >= 0.6 is 23.2 Å². The van der Waals surface area contributed by atoms with Crippen molar-refractivity contribution in [3.8, 4) is 5.75 Å². The molecule has 0 heterocycles. The Balaban J connectivity index is 2.12. The largest absolute Gasteiger partial charge is 0.496 e. The third-order valence-corrected chi connectivity index (χ3v) is 4.78. The summed E-state index contributed by atoms with van der Waals surface area (Å²) in [6, 6.07) is 12.5. The van der Waals surface area contributed by atoms with E-state index in [1.165, 1.54) is 0 Å². The first-order chi connectivity index (χ1) is 10.9. The Bertz CT molecular complexity index is 663. The number of nitrogens with two attached hydrogens (primary N) is 1. The minimum atomic E-state index is -0.811. The maximum atomic E-state index is 10.5. The van der Waals surface area contributed by atoms with Gasteiger partial charge in [-0.2, -0.15) is 0 Å². The van der Waals surface area contributed by atoms with E-state index < -0.39 is 12.1 Å². The van der Waals surface area contributed by atoms with Gasteiger partial charge in [-0.1, -0.05) is 54.4 Å². The summed E-state index contributed by atoms with van der Waals surface area (Å²) < 4.78 is 5.36. The average Bonchev–Trinajstić information content (AvgIpc) is 2.56. The fraction of sp³-hybridized carbons (Fsp3) is 0.333. The van der Waals surface area contributed by atoms with Crippen LogP contribution in [-0.2, 0) is 6.42 Å². The van der Waals surface area contributed by atoms with Crippen LogP contribution < -0.4 is 10.5 Å². The molecule has 124 valence electrons. The molecule has 23 heavy (non-hydrogen) atoms. The van der Waals surface area contributed by atoms with Crippen LogP contribution in [0.15, 0.2) is 42.5 Å². The minimum absolute atomic E-state index is 0.0516. The third kappa shape index (κ3) is 4.39. The zero-order chi connectivity index (χ0) is 17.0. The summed E-state index contributed by atoms with van der Waals surface area (Å²) in [5.41, 5.74) is 7.99. The van der Waals surface area contributed by atoms with Crippen molar-refractivity contribution < 1.29 is 9.84 Å². The lowest BCUT2D eigenvalue weighted by Crippen LogP contribution is -2.36. The molecule has 3 unspecified atom stereocenters. The van der Waals surface area contributed by atoms with E-state index >= 15 is 0 Å². The molecule has 0 amide bonds. The molecule has 2 aromatic carbocycles. The van der Waals surface area contributed by atoms with Crippen molar-refractivity contribution >= 4 is 23.2 Å². The van der Waals surface area contributed by atoms with Crippen LogP contribution in [0.25, 0.3) is 0 Å². The lowest BCUT2D eigenvalue weighted by atomic mass is 9.88. The SMILES string of the molecule is COc1ccccc1CC(C)C(N)C(O)c1ccc(Cl)c(Cl)c1. The van der Waals surface area contributed by atoms with E-state index in [0.717, 1.165) is 11.3 Å². The number of rotatable bonds is 6. The van der Waals surface area contributed by atoms with Gasteiger partial charge in [-0.05, 0) is 41.7 Å². The highest BCUT2D eigenvalue weighted by atomic mass is 35.5. The number of aliphatic hydroxyl groups excluding tert-OH is 1. The normalized spacial score (nSPS) is 15.0. The Labute approximate surface area is 147 Å². The van der Waals surface area contributed by atoms with Crippen LogP contribution in [0.5, 0.6) is 5.75 Å². The number of para-hydroxylation sites is 1. The molecule has 3 N–H and O–H groups in total. The first kappa shape index (κ1) is 18.1. The number of halogens is 2.